The number of nitrogens with one attached hydrogen (secondary N) is 1. The first kappa shape index (κ1) is 15.8. The smallest absolute Gasteiger partial charge is 0.273 e. The van der Waals surface area contributed by atoms with Crippen molar-refractivity contribution in [2.75, 3.05) is 5.01 Å². The predicted molar refractivity (Wildman–Crippen MR) is 87.8 cm³/mol. The van der Waals surface area contributed by atoms with Crippen molar-refractivity contribution in [3.8, 4) is 0 Å². The van der Waals surface area contributed by atoms with Crippen molar-refractivity contribution < 1.29 is 14.4 Å². The quantitative estimate of drug-likeness (QED) is 0.850. The molecular formula is C17H16N4O3. The molecule has 0 bridgehead atoms. The molecule has 0 spiro atoms. The van der Waals surface area contributed by atoms with Crippen LogP contribution in [0.1, 0.15) is 18.4 Å². The number of rotatable bonds is 5. The van der Waals surface area contributed by atoms with Crippen molar-refractivity contribution in [1.82, 2.24) is 10.5 Å². The summed E-state index contributed by atoms with van der Waals surface area (Å²) in [4.78, 5) is 33.3. The van der Waals surface area contributed by atoms with E-state index in [0.717, 1.165) is 5.56 Å². The second-order valence-corrected chi connectivity index (χ2v) is 5.17. The maximum Gasteiger partial charge on any atom is 0.291 e. The SMILES string of the molecule is O=C(NOCc1cccnc1)C1=NN(c2ccccc2)C(=O)CC1. The molecule has 0 radical (unpaired) electrons. The van der Waals surface area contributed by atoms with E-state index < -0.39 is 5.91 Å². The summed E-state index contributed by atoms with van der Waals surface area (Å²) >= 11 is 0. The Morgan fingerprint density at radius 2 is 2.00 bits per heavy atom. The second-order valence-electron chi connectivity index (χ2n) is 5.17. The number of aromatic nitrogens is 1. The van der Waals surface area contributed by atoms with Crippen molar-refractivity contribution >= 4 is 23.2 Å². The summed E-state index contributed by atoms with van der Waals surface area (Å²) in [7, 11) is 0. The van der Waals surface area contributed by atoms with Gasteiger partial charge in [-0.3, -0.25) is 19.4 Å². The Kier molecular flexibility index (Phi) is 4.93. The van der Waals surface area contributed by atoms with Crippen LogP contribution in [0.3, 0.4) is 0 Å². The number of benzene rings is 1. The first-order chi connectivity index (χ1) is 11.7. The van der Waals surface area contributed by atoms with Gasteiger partial charge in [-0.05, 0) is 23.8 Å². The summed E-state index contributed by atoms with van der Waals surface area (Å²) in [5, 5.41) is 5.40. The second kappa shape index (κ2) is 7.47. The van der Waals surface area contributed by atoms with E-state index in [-0.39, 0.29) is 31.1 Å². The lowest BCUT2D eigenvalue weighted by Gasteiger charge is -2.22. The number of hydrogen-bond acceptors (Lipinski definition) is 5. The fourth-order valence-electron chi connectivity index (χ4n) is 2.21. The fraction of sp³-hybridized carbons (Fsp3) is 0.176. The molecule has 122 valence electrons. The van der Waals surface area contributed by atoms with E-state index in [2.05, 4.69) is 15.6 Å². The minimum Gasteiger partial charge on any atom is -0.273 e. The highest BCUT2D eigenvalue weighted by Gasteiger charge is 2.25. The molecule has 1 N–H and O–H groups in total. The van der Waals surface area contributed by atoms with Gasteiger partial charge in [0.15, 0.2) is 0 Å². The minimum absolute atomic E-state index is 0.144. The normalized spacial score (nSPS) is 14.2. The Bertz CT molecular complexity index is 747. The average molecular weight is 324 g/mol. The summed E-state index contributed by atoms with van der Waals surface area (Å²) in [6.45, 7) is 0.203. The van der Waals surface area contributed by atoms with E-state index in [1.165, 1.54) is 5.01 Å². The summed E-state index contributed by atoms with van der Waals surface area (Å²) in [6, 6.07) is 12.6. The zero-order chi connectivity index (χ0) is 16.8. The predicted octanol–water partition coefficient (Wildman–Crippen LogP) is 1.81. The maximum absolute atomic E-state index is 12.2. The lowest BCUT2D eigenvalue weighted by atomic mass is 10.1. The maximum atomic E-state index is 12.2. The zero-order valence-corrected chi connectivity index (χ0v) is 12.9. The number of amides is 2. The molecule has 1 aromatic heterocycles. The van der Waals surface area contributed by atoms with Crippen LogP contribution in [0.4, 0.5) is 5.69 Å². The molecule has 1 aromatic carbocycles. The lowest BCUT2D eigenvalue weighted by molar-refractivity contribution is -0.127. The van der Waals surface area contributed by atoms with Gasteiger partial charge in [0.2, 0.25) is 5.91 Å². The highest BCUT2D eigenvalue weighted by Crippen LogP contribution is 2.19. The van der Waals surface area contributed by atoms with Crippen LogP contribution < -0.4 is 10.5 Å². The van der Waals surface area contributed by atoms with Gasteiger partial charge in [0.1, 0.15) is 12.3 Å². The third kappa shape index (κ3) is 3.82. The lowest BCUT2D eigenvalue weighted by Crippen LogP contribution is -2.39. The fourth-order valence-corrected chi connectivity index (χ4v) is 2.21. The molecule has 7 nitrogen and oxygen atoms in total. The van der Waals surface area contributed by atoms with Crippen molar-refractivity contribution in [1.29, 1.82) is 0 Å². The Morgan fingerprint density at radius 3 is 2.75 bits per heavy atom. The molecule has 3 rings (SSSR count). The van der Waals surface area contributed by atoms with Crippen LogP contribution in [0.2, 0.25) is 0 Å². The number of hydrogen-bond donors (Lipinski definition) is 1. The standard InChI is InChI=1S/C17H16N4O3/c22-16-9-8-15(19-21(16)14-6-2-1-3-7-14)17(23)20-24-12-13-5-4-10-18-11-13/h1-7,10-11H,8-9,12H2,(H,20,23). The van der Waals surface area contributed by atoms with Gasteiger partial charge in [-0.2, -0.15) is 5.10 Å². The molecule has 0 aliphatic carbocycles. The molecule has 24 heavy (non-hydrogen) atoms. The first-order valence-electron chi connectivity index (χ1n) is 7.50. The molecule has 0 saturated heterocycles. The van der Waals surface area contributed by atoms with Gasteiger partial charge in [-0.25, -0.2) is 10.5 Å². The molecule has 7 heteroatoms. The van der Waals surface area contributed by atoms with Gasteiger partial charge in [-0.15, -0.1) is 0 Å². The van der Waals surface area contributed by atoms with Gasteiger partial charge >= 0.3 is 0 Å². The van der Waals surface area contributed by atoms with Crippen molar-refractivity contribution in [2.45, 2.75) is 19.4 Å². The Balaban J connectivity index is 1.62. The van der Waals surface area contributed by atoms with Crippen LogP contribution in [0.25, 0.3) is 0 Å². The summed E-state index contributed by atoms with van der Waals surface area (Å²) < 4.78 is 0. The van der Waals surface area contributed by atoms with Crippen LogP contribution in [0, 0.1) is 0 Å². The van der Waals surface area contributed by atoms with E-state index in [4.69, 9.17) is 4.84 Å². The van der Waals surface area contributed by atoms with E-state index in [1.54, 1.807) is 30.6 Å². The summed E-state index contributed by atoms with van der Waals surface area (Å²) in [6.07, 6.45) is 3.82. The van der Waals surface area contributed by atoms with Gasteiger partial charge in [-0.1, -0.05) is 24.3 Å². The number of carbonyl (C=O) groups is 2. The van der Waals surface area contributed by atoms with Crippen molar-refractivity contribution in [2.24, 2.45) is 5.10 Å². The van der Waals surface area contributed by atoms with E-state index in [0.29, 0.717) is 5.69 Å². The summed E-state index contributed by atoms with van der Waals surface area (Å²) in [5.74, 6) is -0.596. The molecule has 2 amide bonds. The molecular weight excluding hydrogens is 308 g/mol. The monoisotopic (exact) mass is 324 g/mol. The Labute approximate surface area is 138 Å². The van der Waals surface area contributed by atoms with E-state index in [9.17, 15) is 9.59 Å². The molecule has 0 fully saturated rings. The third-order valence-corrected chi connectivity index (χ3v) is 3.42. The molecule has 0 unspecified atom stereocenters. The first-order valence-corrected chi connectivity index (χ1v) is 7.50. The van der Waals surface area contributed by atoms with Crippen molar-refractivity contribution in [3.63, 3.8) is 0 Å². The van der Waals surface area contributed by atoms with Gasteiger partial charge in [0.25, 0.3) is 5.91 Å². The topological polar surface area (TPSA) is 83.9 Å². The van der Waals surface area contributed by atoms with Gasteiger partial charge in [0, 0.05) is 25.2 Å². The van der Waals surface area contributed by atoms with Crippen LogP contribution in [0.5, 0.6) is 0 Å². The van der Waals surface area contributed by atoms with E-state index >= 15 is 0 Å². The molecule has 1 aliphatic rings. The Morgan fingerprint density at radius 1 is 1.17 bits per heavy atom. The van der Waals surface area contributed by atoms with Crippen LogP contribution in [-0.2, 0) is 21.0 Å². The number of hydrazone groups is 1. The molecule has 0 atom stereocenters. The van der Waals surface area contributed by atoms with Crippen LogP contribution in [-0.4, -0.2) is 22.5 Å². The molecule has 0 saturated carbocycles. The number of para-hydroxylation sites is 1. The number of anilines is 1. The highest BCUT2D eigenvalue weighted by atomic mass is 16.6. The number of pyridine rings is 1. The number of hydroxylamine groups is 1. The molecule has 2 aromatic rings. The Hall–Kier alpha value is -3.06. The number of carbonyl (C=O) groups excluding carboxylic acids is 2. The van der Waals surface area contributed by atoms with Gasteiger partial charge in [0.05, 0.1) is 5.69 Å². The van der Waals surface area contributed by atoms with Crippen LogP contribution >= 0.6 is 0 Å². The van der Waals surface area contributed by atoms with Gasteiger partial charge < -0.3 is 0 Å². The number of nitrogens with zero attached hydrogens (tertiary/aromatic N) is 3. The summed E-state index contributed by atoms with van der Waals surface area (Å²) in [5.41, 5.74) is 4.07. The van der Waals surface area contributed by atoms with Crippen LogP contribution in [0.15, 0.2) is 60.0 Å². The molecule has 1 aliphatic heterocycles. The van der Waals surface area contributed by atoms with E-state index in [1.807, 2.05) is 24.3 Å². The average Bonchev–Trinajstić information content (AvgIpc) is 2.63. The largest absolute Gasteiger partial charge is 0.291 e. The van der Waals surface area contributed by atoms with Crippen molar-refractivity contribution in [3.05, 3.63) is 60.4 Å². The highest BCUT2D eigenvalue weighted by molar-refractivity contribution is 6.39. The third-order valence-electron chi connectivity index (χ3n) is 3.42. The minimum atomic E-state index is -0.452. The zero-order valence-electron chi connectivity index (χ0n) is 12.9. The molecule has 2 heterocycles.